The van der Waals surface area contributed by atoms with Gasteiger partial charge in [0.25, 0.3) is 0 Å². The Labute approximate surface area is 87.3 Å². The van der Waals surface area contributed by atoms with Gasteiger partial charge in [-0.1, -0.05) is 0 Å². The normalized spacial score (nSPS) is 20.3. The lowest BCUT2D eigenvalue weighted by atomic mass is 10.1. The topological polar surface area (TPSA) is 72.1 Å². The summed E-state index contributed by atoms with van der Waals surface area (Å²) in [6.07, 6.45) is 6.99. The minimum atomic E-state index is -0.0336. The van der Waals surface area contributed by atoms with Crippen molar-refractivity contribution in [2.24, 2.45) is 5.92 Å². The Morgan fingerprint density at radius 1 is 1.60 bits per heavy atom. The lowest BCUT2D eigenvalue weighted by Gasteiger charge is -2.14. The molecular weight excluding hydrogens is 192 g/mol. The Hall–Kier alpha value is -2.09. The molecule has 0 saturated carbocycles. The predicted octanol–water partition coefficient (Wildman–Crippen LogP) is 0.0449. The second-order valence-electron chi connectivity index (χ2n) is 3.37. The molecule has 15 heavy (non-hydrogen) atoms. The second-order valence-corrected chi connectivity index (χ2v) is 3.37. The molecule has 1 atom stereocenters. The van der Waals surface area contributed by atoms with E-state index in [2.05, 4.69) is 15.9 Å². The fourth-order valence-electron chi connectivity index (χ4n) is 1.55. The molecule has 0 radical (unpaired) electrons. The lowest BCUT2D eigenvalue weighted by Crippen LogP contribution is -2.25. The maximum absolute atomic E-state index is 11.6. The molecule has 1 aromatic heterocycles. The van der Waals surface area contributed by atoms with E-state index >= 15 is 0 Å². The zero-order valence-electron chi connectivity index (χ0n) is 8.05. The van der Waals surface area contributed by atoms with E-state index in [0.717, 1.165) is 0 Å². The molecule has 1 saturated heterocycles. The van der Waals surface area contributed by atoms with Gasteiger partial charge in [0, 0.05) is 24.9 Å². The van der Waals surface area contributed by atoms with Gasteiger partial charge in [-0.2, -0.15) is 0 Å². The number of nitrogens with two attached hydrogens (primary N) is 1. The first-order chi connectivity index (χ1) is 7.20. The van der Waals surface area contributed by atoms with Crippen LogP contribution in [0.2, 0.25) is 0 Å². The van der Waals surface area contributed by atoms with Gasteiger partial charge in [-0.05, 0) is 0 Å². The van der Waals surface area contributed by atoms with Crippen LogP contribution in [-0.4, -0.2) is 22.4 Å². The molecule has 1 fully saturated rings. The van der Waals surface area contributed by atoms with Crippen LogP contribution in [0.25, 0.3) is 0 Å². The number of carbonyl (C=O) groups is 1. The smallest absolute Gasteiger partial charge is 0.229 e. The molecule has 1 amide bonds. The first-order valence-corrected chi connectivity index (χ1v) is 4.54. The van der Waals surface area contributed by atoms with Gasteiger partial charge in [0.15, 0.2) is 0 Å². The van der Waals surface area contributed by atoms with E-state index in [1.54, 1.807) is 11.0 Å². The van der Waals surface area contributed by atoms with Crippen molar-refractivity contribution in [3.8, 4) is 12.3 Å². The number of nitrogen functional groups attached to an aromatic ring is 1. The third-order valence-corrected chi connectivity index (χ3v) is 2.31. The number of anilines is 2. The van der Waals surface area contributed by atoms with Gasteiger partial charge in [0.05, 0.1) is 0 Å². The highest BCUT2D eigenvalue weighted by Gasteiger charge is 2.30. The van der Waals surface area contributed by atoms with Crippen molar-refractivity contribution in [2.75, 3.05) is 17.2 Å². The number of rotatable bonds is 1. The average molecular weight is 202 g/mol. The molecule has 0 aliphatic carbocycles. The Bertz CT molecular complexity index is 437. The van der Waals surface area contributed by atoms with Crippen LogP contribution in [0.5, 0.6) is 0 Å². The van der Waals surface area contributed by atoms with E-state index in [1.807, 2.05) is 0 Å². The molecule has 5 heteroatoms. The first kappa shape index (κ1) is 9.46. The number of carbonyl (C=O) groups excluding carboxylic acids is 1. The van der Waals surface area contributed by atoms with Crippen molar-refractivity contribution in [1.82, 2.24) is 9.97 Å². The largest absolute Gasteiger partial charge is 0.384 e. The van der Waals surface area contributed by atoms with E-state index in [-0.39, 0.29) is 11.8 Å². The van der Waals surface area contributed by atoms with Crippen LogP contribution >= 0.6 is 0 Å². The summed E-state index contributed by atoms with van der Waals surface area (Å²) in [6.45, 7) is 0.506. The van der Waals surface area contributed by atoms with Crippen LogP contribution in [0, 0.1) is 18.3 Å². The molecule has 1 unspecified atom stereocenters. The standard InChI is InChI=1S/C10H10N4O/c1-2-7-3-10(15)14(5-7)9-4-8(11)12-6-13-9/h1,4,6-7H,3,5H2,(H2,11,12,13). The molecular formula is C10H10N4O. The minimum Gasteiger partial charge on any atom is -0.384 e. The molecule has 0 aromatic carbocycles. The summed E-state index contributed by atoms with van der Waals surface area (Å²) in [6, 6.07) is 1.57. The van der Waals surface area contributed by atoms with Crippen molar-refractivity contribution in [3.63, 3.8) is 0 Å². The van der Waals surface area contributed by atoms with Crippen molar-refractivity contribution in [1.29, 1.82) is 0 Å². The molecule has 0 spiro atoms. The van der Waals surface area contributed by atoms with Gasteiger partial charge < -0.3 is 5.73 Å². The number of terminal acetylenes is 1. The van der Waals surface area contributed by atoms with Crippen molar-refractivity contribution >= 4 is 17.5 Å². The Kier molecular flexibility index (Phi) is 2.26. The molecule has 0 bridgehead atoms. The number of nitrogens with zero attached hydrogens (tertiary/aromatic N) is 3. The Balaban J connectivity index is 2.26. The van der Waals surface area contributed by atoms with Crippen LogP contribution in [-0.2, 0) is 4.79 Å². The van der Waals surface area contributed by atoms with Gasteiger partial charge >= 0.3 is 0 Å². The maximum atomic E-state index is 11.6. The lowest BCUT2D eigenvalue weighted by molar-refractivity contribution is -0.117. The minimum absolute atomic E-state index is 0.0175. The molecule has 2 rings (SSSR count). The molecule has 2 N–H and O–H groups in total. The summed E-state index contributed by atoms with van der Waals surface area (Å²) in [5, 5.41) is 0. The van der Waals surface area contributed by atoms with Crippen LogP contribution in [0.1, 0.15) is 6.42 Å². The summed E-state index contributed by atoms with van der Waals surface area (Å²) >= 11 is 0. The zero-order valence-corrected chi connectivity index (χ0v) is 8.05. The van der Waals surface area contributed by atoms with Gasteiger partial charge in [-0.25, -0.2) is 9.97 Å². The van der Waals surface area contributed by atoms with E-state index in [0.29, 0.717) is 24.6 Å². The SMILES string of the molecule is C#CC1CC(=O)N(c2cc(N)ncn2)C1. The summed E-state index contributed by atoms with van der Waals surface area (Å²) in [7, 11) is 0. The summed E-state index contributed by atoms with van der Waals surface area (Å²) in [5.74, 6) is 3.38. The average Bonchev–Trinajstić information content (AvgIpc) is 2.60. The second kappa shape index (κ2) is 3.58. The van der Waals surface area contributed by atoms with E-state index in [9.17, 15) is 4.79 Å². The van der Waals surface area contributed by atoms with Gasteiger partial charge in [-0.3, -0.25) is 9.69 Å². The van der Waals surface area contributed by atoms with Gasteiger partial charge in [0.1, 0.15) is 18.0 Å². The van der Waals surface area contributed by atoms with Crippen molar-refractivity contribution in [3.05, 3.63) is 12.4 Å². The third kappa shape index (κ3) is 1.74. The molecule has 1 aromatic rings. The van der Waals surface area contributed by atoms with E-state index in [1.165, 1.54) is 6.33 Å². The molecule has 1 aliphatic heterocycles. The summed E-state index contributed by atoms with van der Waals surface area (Å²) < 4.78 is 0. The highest BCUT2D eigenvalue weighted by Crippen LogP contribution is 2.23. The van der Waals surface area contributed by atoms with Gasteiger partial charge in [0.2, 0.25) is 5.91 Å². The van der Waals surface area contributed by atoms with Crippen molar-refractivity contribution in [2.45, 2.75) is 6.42 Å². The van der Waals surface area contributed by atoms with Crippen LogP contribution in [0.15, 0.2) is 12.4 Å². The molecule has 76 valence electrons. The van der Waals surface area contributed by atoms with Crippen molar-refractivity contribution < 1.29 is 4.79 Å². The highest BCUT2D eigenvalue weighted by molar-refractivity contribution is 5.95. The summed E-state index contributed by atoms with van der Waals surface area (Å²) in [4.78, 5) is 20.9. The molecule has 2 heterocycles. The highest BCUT2D eigenvalue weighted by atomic mass is 16.2. The van der Waals surface area contributed by atoms with Crippen LogP contribution < -0.4 is 10.6 Å². The maximum Gasteiger partial charge on any atom is 0.229 e. The first-order valence-electron chi connectivity index (χ1n) is 4.54. The Morgan fingerprint density at radius 3 is 3.00 bits per heavy atom. The van der Waals surface area contributed by atoms with E-state index < -0.39 is 0 Å². The third-order valence-electron chi connectivity index (χ3n) is 2.31. The van der Waals surface area contributed by atoms with Gasteiger partial charge in [-0.15, -0.1) is 12.3 Å². The van der Waals surface area contributed by atoms with Crippen LogP contribution in [0.3, 0.4) is 0 Å². The quantitative estimate of drug-likeness (QED) is 0.653. The monoisotopic (exact) mass is 202 g/mol. The molecule has 5 nitrogen and oxygen atoms in total. The predicted molar refractivity (Wildman–Crippen MR) is 55.7 cm³/mol. The fraction of sp³-hybridized carbons (Fsp3) is 0.300. The van der Waals surface area contributed by atoms with Crippen LogP contribution in [0.4, 0.5) is 11.6 Å². The zero-order chi connectivity index (χ0) is 10.8. The van der Waals surface area contributed by atoms with E-state index in [4.69, 9.17) is 12.2 Å². The number of amides is 1. The number of aromatic nitrogens is 2. The summed E-state index contributed by atoms with van der Waals surface area (Å²) in [5.41, 5.74) is 5.51. The number of hydrogen-bond acceptors (Lipinski definition) is 4. The molecule has 1 aliphatic rings. The number of hydrogen-bond donors (Lipinski definition) is 1. The fourth-order valence-corrected chi connectivity index (χ4v) is 1.55. The Morgan fingerprint density at radius 2 is 2.40 bits per heavy atom.